The van der Waals surface area contributed by atoms with Gasteiger partial charge in [0.2, 0.25) is 0 Å². The quantitative estimate of drug-likeness (QED) is 0.149. The van der Waals surface area contributed by atoms with Gasteiger partial charge in [0.1, 0.15) is 30.0 Å². The zero-order valence-electron chi connectivity index (χ0n) is 21.4. The van der Waals surface area contributed by atoms with Crippen LogP contribution in [0, 0.1) is 11.8 Å². The average Bonchev–Trinajstić information content (AvgIpc) is 3.16. The van der Waals surface area contributed by atoms with Crippen LogP contribution >= 0.6 is 0 Å². The fraction of sp³-hybridized carbons (Fsp3) is 0.760. The van der Waals surface area contributed by atoms with Crippen molar-refractivity contribution in [2.75, 3.05) is 40.6 Å². The minimum Gasteiger partial charge on any atom is -0.493 e. The number of benzene rings is 1. The smallest absolute Gasteiger partial charge is 0.189 e. The van der Waals surface area contributed by atoms with Crippen LogP contribution in [0.3, 0.4) is 0 Å². The standard InChI is InChI=1S/C25H39NO12/c1-34-14-4-3-12(9-15(14)35-2)5-7-26-22-18(29)13-6-8-36-23(17(13)25(22,33)11-28)38-24-21(32)20(31)19(30)16(10-27)37-24/h3-4,9,13,16-24,26-33H,5-8,10-11H2,1-2H3/t13-,16-,17-,18+,19-,20+,21-,22-,23-,24+,25-/m1/s1. The second kappa shape index (κ2) is 12.3. The number of nitrogens with one attached hydrogen (secondary N) is 1. The Balaban J connectivity index is 1.47. The average molecular weight is 546 g/mol. The first kappa shape index (κ1) is 29.4. The van der Waals surface area contributed by atoms with Crippen molar-refractivity contribution in [1.82, 2.24) is 5.32 Å². The van der Waals surface area contributed by atoms with Crippen molar-refractivity contribution < 1.29 is 59.4 Å². The number of hydrogen-bond acceptors (Lipinski definition) is 13. The highest BCUT2D eigenvalue weighted by atomic mass is 16.8. The summed E-state index contributed by atoms with van der Waals surface area (Å²) in [5.74, 6) is -0.259. The number of fused-ring (bicyclic) bond motifs is 1. The van der Waals surface area contributed by atoms with Crippen LogP contribution in [0.2, 0.25) is 0 Å². The summed E-state index contributed by atoms with van der Waals surface area (Å²) >= 11 is 0. The fourth-order valence-corrected chi connectivity index (χ4v) is 5.89. The molecule has 2 saturated heterocycles. The molecule has 4 rings (SSSR count). The monoisotopic (exact) mass is 545 g/mol. The third-order valence-corrected chi connectivity index (χ3v) is 7.98. The summed E-state index contributed by atoms with van der Waals surface area (Å²) in [5.41, 5.74) is -0.930. The third kappa shape index (κ3) is 5.38. The Hall–Kier alpha value is -1.62. The zero-order chi connectivity index (χ0) is 27.6. The van der Waals surface area contributed by atoms with Gasteiger partial charge in [0.25, 0.3) is 0 Å². The van der Waals surface area contributed by atoms with Gasteiger partial charge in [0.05, 0.1) is 46.2 Å². The van der Waals surface area contributed by atoms with Gasteiger partial charge >= 0.3 is 0 Å². The lowest BCUT2D eigenvalue weighted by atomic mass is 9.81. The molecule has 0 unspecified atom stereocenters. The summed E-state index contributed by atoms with van der Waals surface area (Å²) in [4.78, 5) is 0. The molecular formula is C25H39NO12. The number of aliphatic hydroxyl groups is 7. The van der Waals surface area contributed by atoms with Gasteiger partial charge in [-0.25, -0.2) is 0 Å². The molecule has 38 heavy (non-hydrogen) atoms. The second-order valence-corrected chi connectivity index (χ2v) is 10.1. The Morgan fingerprint density at radius 2 is 1.71 bits per heavy atom. The van der Waals surface area contributed by atoms with E-state index < -0.39 is 79.8 Å². The largest absolute Gasteiger partial charge is 0.493 e. The molecule has 3 fully saturated rings. The predicted molar refractivity (Wildman–Crippen MR) is 129 cm³/mol. The number of hydrogen-bond donors (Lipinski definition) is 8. The van der Waals surface area contributed by atoms with Crippen LogP contribution in [-0.4, -0.2) is 131 Å². The minimum atomic E-state index is -1.86. The maximum Gasteiger partial charge on any atom is 0.189 e. The second-order valence-electron chi connectivity index (χ2n) is 10.1. The maximum atomic E-state index is 11.6. The predicted octanol–water partition coefficient (Wildman–Crippen LogP) is -2.90. The summed E-state index contributed by atoms with van der Waals surface area (Å²) in [6.07, 6.45) is -8.91. The van der Waals surface area contributed by atoms with Crippen LogP contribution in [-0.2, 0) is 20.6 Å². The summed E-state index contributed by atoms with van der Waals surface area (Å²) in [6, 6.07) is 4.58. The Kier molecular flexibility index (Phi) is 9.48. The Morgan fingerprint density at radius 3 is 2.37 bits per heavy atom. The highest BCUT2D eigenvalue weighted by Crippen LogP contribution is 2.48. The van der Waals surface area contributed by atoms with Gasteiger partial charge in [-0.05, 0) is 43.0 Å². The normalized spacial score (nSPS) is 41.1. The molecule has 2 heterocycles. The molecule has 216 valence electrons. The molecule has 1 aromatic rings. The number of ether oxygens (including phenoxy) is 5. The van der Waals surface area contributed by atoms with Gasteiger partial charge in [0.15, 0.2) is 24.1 Å². The molecule has 0 amide bonds. The van der Waals surface area contributed by atoms with E-state index in [1.54, 1.807) is 20.3 Å². The van der Waals surface area contributed by atoms with Crippen LogP contribution in [0.15, 0.2) is 18.2 Å². The Morgan fingerprint density at radius 1 is 0.974 bits per heavy atom. The van der Waals surface area contributed by atoms with Crippen molar-refractivity contribution in [3.05, 3.63) is 23.8 Å². The van der Waals surface area contributed by atoms with Crippen LogP contribution in [0.25, 0.3) is 0 Å². The van der Waals surface area contributed by atoms with E-state index in [0.717, 1.165) is 5.56 Å². The highest BCUT2D eigenvalue weighted by molar-refractivity contribution is 5.43. The molecule has 3 aliphatic rings. The molecular weight excluding hydrogens is 506 g/mol. The van der Waals surface area contributed by atoms with E-state index >= 15 is 0 Å². The van der Waals surface area contributed by atoms with Crippen LogP contribution in [0.1, 0.15) is 12.0 Å². The summed E-state index contributed by atoms with van der Waals surface area (Å²) in [6.45, 7) is -0.816. The SMILES string of the molecule is COc1ccc(CCN[C@@H]2[C@@H](O)[C@@H]3CCO[C@H](O[C@@H]4O[C@H](CO)[C@@H](O)[C@H](O)[C@H]4O)[C@@H]3[C@]2(O)CO)cc1OC. The van der Waals surface area contributed by atoms with E-state index in [0.29, 0.717) is 30.9 Å². The van der Waals surface area contributed by atoms with E-state index in [4.69, 9.17) is 23.7 Å². The molecule has 0 bridgehead atoms. The van der Waals surface area contributed by atoms with E-state index in [1.807, 2.05) is 12.1 Å². The topological polar surface area (TPSA) is 200 Å². The van der Waals surface area contributed by atoms with Crippen molar-refractivity contribution in [3.63, 3.8) is 0 Å². The van der Waals surface area contributed by atoms with Gasteiger partial charge in [-0.15, -0.1) is 0 Å². The van der Waals surface area contributed by atoms with E-state index in [1.165, 1.54) is 0 Å². The van der Waals surface area contributed by atoms with Gasteiger partial charge in [-0.1, -0.05) is 6.07 Å². The van der Waals surface area contributed by atoms with E-state index in [-0.39, 0.29) is 6.61 Å². The lowest BCUT2D eigenvalue weighted by Gasteiger charge is -2.45. The van der Waals surface area contributed by atoms with E-state index in [9.17, 15) is 35.7 Å². The highest BCUT2D eigenvalue weighted by Gasteiger charge is 2.64. The molecule has 1 saturated carbocycles. The minimum absolute atomic E-state index is 0.167. The number of methoxy groups -OCH3 is 2. The summed E-state index contributed by atoms with van der Waals surface area (Å²) in [5, 5.41) is 76.3. The zero-order valence-corrected chi connectivity index (χ0v) is 21.4. The first-order valence-electron chi connectivity index (χ1n) is 12.7. The first-order chi connectivity index (χ1) is 18.2. The Bertz CT molecular complexity index is 920. The first-order valence-corrected chi connectivity index (χ1v) is 12.7. The molecule has 2 aliphatic heterocycles. The third-order valence-electron chi connectivity index (χ3n) is 7.98. The van der Waals surface area contributed by atoms with Crippen molar-refractivity contribution in [1.29, 1.82) is 0 Å². The van der Waals surface area contributed by atoms with Crippen molar-refractivity contribution in [3.8, 4) is 11.5 Å². The van der Waals surface area contributed by atoms with Crippen molar-refractivity contribution in [2.24, 2.45) is 11.8 Å². The molecule has 13 heteroatoms. The van der Waals surface area contributed by atoms with Gasteiger partial charge in [-0.3, -0.25) is 0 Å². The lowest BCUT2D eigenvalue weighted by molar-refractivity contribution is -0.359. The molecule has 11 atom stereocenters. The molecule has 13 nitrogen and oxygen atoms in total. The fourth-order valence-electron chi connectivity index (χ4n) is 5.89. The van der Waals surface area contributed by atoms with Crippen molar-refractivity contribution in [2.45, 2.75) is 67.6 Å². The lowest BCUT2D eigenvalue weighted by Crippen LogP contribution is -2.62. The number of aliphatic hydroxyl groups excluding tert-OH is 6. The maximum absolute atomic E-state index is 11.6. The molecule has 8 N–H and O–H groups in total. The molecule has 1 aliphatic carbocycles. The van der Waals surface area contributed by atoms with Gasteiger partial charge in [0, 0.05) is 5.92 Å². The van der Waals surface area contributed by atoms with Crippen LogP contribution in [0.4, 0.5) is 0 Å². The van der Waals surface area contributed by atoms with Crippen LogP contribution in [0.5, 0.6) is 11.5 Å². The molecule has 1 aromatic carbocycles. The number of rotatable bonds is 10. The summed E-state index contributed by atoms with van der Waals surface area (Å²) in [7, 11) is 3.09. The molecule has 0 aromatic heterocycles. The van der Waals surface area contributed by atoms with Crippen LogP contribution < -0.4 is 14.8 Å². The van der Waals surface area contributed by atoms with Gasteiger partial charge in [-0.2, -0.15) is 0 Å². The Labute approximate surface area is 220 Å². The molecule has 0 spiro atoms. The van der Waals surface area contributed by atoms with Crippen molar-refractivity contribution >= 4 is 0 Å². The summed E-state index contributed by atoms with van der Waals surface area (Å²) < 4.78 is 27.6. The van der Waals surface area contributed by atoms with Gasteiger partial charge < -0.3 is 64.7 Å². The van der Waals surface area contributed by atoms with E-state index in [2.05, 4.69) is 5.32 Å². The molecule has 0 radical (unpaired) electrons.